The number of nitrogens with zero attached hydrogens (tertiary/aromatic N) is 2. The van der Waals surface area contributed by atoms with Crippen molar-refractivity contribution < 1.29 is 35.9 Å². The number of benzene rings is 3. The average Bonchev–Trinajstić information content (AvgIpc) is 2.88. The van der Waals surface area contributed by atoms with Gasteiger partial charge in [-0.05, 0) is 60.4 Å². The zero-order chi connectivity index (χ0) is 29.6. The molecular weight excluding hydrogens is 538 g/mol. The first-order valence-electron chi connectivity index (χ1n) is 12.0. The molecule has 5 nitrogen and oxygen atoms in total. The van der Waals surface area contributed by atoms with Crippen molar-refractivity contribution in [3.8, 4) is 17.0 Å². The number of rotatable bonds is 4. The molecule has 1 heterocycles. The quantitative estimate of drug-likeness (QED) is 0.242. The minimum Gasteiger partial charge on any atom is -0.392 e. The van der Waals surface area contributed by atoms with Crippen LogP contribution >= 0.6 is 0 Å². The van der Waals surface area contributed by atoms with Gasteiger partial charge in [0.05, 0.1) is 16.7 Å². The zero-order valence-electron chi connectivity index (χ0n) is 21.9. The lowest BCUT2D eigenvalue weighted by Gasteiger charge is -2.22. The van der Waals surface area contributed by atoms with Gasteiger partial charge in [-0.1, -0.05) is 36.4 Å². The minimum atomic E-state index is -5.03. The van der Waals surface area contributed by atoms with Crippen LogP contribution in [0.3, 0.4) is 0 Å². The summed E-state index contributed by atoms with van der Waals surface area (Å²) in [4.78, 5) is 27.2. The van der Waals surface area contributed by atoms with Gasteiger partial charge in [-0.25, -0.2) is 4.79 Å². The molecule has 0 radical (unpaired) electrons. The maximum Gasteiger partial charge on any atom is 0.416 e. The fraction of sp³-hybridized carbons (Fsp3) is 0.241. The van der Waals surface area contributed by atoms with Crippen molar-refractivity contribution in [3.05, 3.63) is 98.8 Å². The molecule has 1 aromatic heterocycles. The lowest BCUT2D eigenvalue weighted by molar-refractivity contribution is -0.143. The number of aryl methyl sites for hydroxylation is 2. The fourth-order valence-corrected chi connectivity index (χ4v) is 4.37. The molecule has 0 aliphatic rings. The second-order valence-electron chi connectivity index (χ2n) is 9.53. The summed E-state index contributed by atoms with van der Waals surface area (Å²) >= 11 is 0. The highest BCUT2D eigenvalue weighted by atomic mass is 19.4. The average molecular weight is 563 g/mol. The highest BCUT2D eigenvalue weighted by Gasteiger charge is 2.37. The van der Waals surface area contributed by atoms with Gasteiger partial charge in [-0.2, -0.15) is 26.3 Å². The Morgan fingerprint density at radius 1 is 0.850 bits per heavy atom. The van der Waals surface area contributed by atoms with Gasteiger partial charge in [0.25, 0.3) is 5.56 Å². The Balaban J connectivity index is 1.78. The topological polar surface area (TPSA) is 51.5 Å². The molecule has 0 fully saturated rings. The third-order valence-electron chi connectivity index (χ3n) is 6.58. The maximum absolute atomic E-state index is 13.3. The van der Waals surface area contributed by atoms with Crippen LogP contribution in [0.4, 0.5) is 31.1 Å². The number of pyridine rings is 1. The Hall–Kier alpha value is -4.28. The summed E-state index contributed by atoms with van der Waals surface area (Å²) < 4.78 is 86.5. The molecular formula is C29H24F6N2O3. The van der Waals surface area contributed by atoms with E-state index in [0.29, 0.717) is 34.0 Å². The Morgan fingerprint density at radius 2 is 1.38 bits per heavy atom. The summed E-state index contributed by atoms with van der Waals surface area (Å²) in [5.41, 5.74) is -1.00. The molecule has 0 spiro atoms. The van der Waals surface area contributed by atoms with Crippen LogP contribution in [0.15, 0.2) is 65.5 Å². The molecule has 11 heteroatoms. The van der Waals surface area contributed by atoms with E-state index in [2.05, 4.69) is 0 Å². The minimum absolute atomic E-state index is 0.0164. The summed E-state index contributed by atoms with van der Waals surface area (Å²) in [5, 5.41) is 0.914. The highest BCUT2D eigenvalue weighted by Crippen LogP contribution is 2.38. The van der Waals surface area contributed by atoms with E-state index in [-0.39, 0.29) is 11.9 Å². The normalized spacial score (nSPS) is 12.1. The monoisotopic (exact) mass is 562 g/mol. The van der Waals surface area contributed by atoms with Crippen LogP contribution in [0.5, 0.6) is 5.88 Å². The lowest BCUT2D eigenvalue weighted by Crippen LogP contribution is -2.32. The van der Waals surface area contributed by atoms with Gasteiger partial charge < -0.3 is 9.64 Å². The van der Waals surface area contributed by atoms with Crippen LogP contribution in [0.2, 0.25) is 0 Å². The van der Waals surface area contributed by atoms with Crippen LogP contribution in [-0.2, 0) is 25.9 Å². The molecule has 4 rings (SSSR count). The van der Waals surface area contributed by atoms with Crippen LogP contribution in [0.25, 0.3) is 21.9 Å². The van der Waals surface area contributed by atoms with Crippen molar-refractivity contribution in [2.45, 2.75) is 32.7 Å². The summed E-state index contributed by atoms with van der Waals surface area (Å²) in [6.45, 7) is 3.11. The number of hydrogen-bond donors (Lipinski definition) is 0. The first kappa shape index (κ1) is 28.7. The van der Waals surface area contributed by atoms with E-state index in [0.717, 1.165) is 20.6 Å². The SMILES string of the molecule is Cc1cc2c(-c3ccccc3)c(OC(=O)N(C)Cc3cc(C(F)(F)F)cc(C(F)(F)F)c3)n(C)c(=O)c2cc1C. The van der Waals surface area contributed by atoms with Crippen LogP contribution in [0, 0.1) is 13.8 Å². The first-order chi connectivity index (χ1) is 18.6. The first-order valence-corrected chi connectivity index (χ1v) is 12.0. The number of ether oxygens (including phenoxy) is 1. The summed E-state index contributed by atoms with van der Waals surface area (Å²) in [7, 11) is 2.58. The molecule has 0 atom stereocenters. The smallest absolute Gasteiger partial charge is 0.392 e. The molecule has 3 aromatic carbocycles. The third-order valence-corrected chi connectivity index (χ3v) is 6.58. The molecule has 40 heavy (non-hydrogen) atoms. The van der Waals surface area contributed by atoms with Crippen LogP contribution < -0.4 is 10.3 Å². The Morgan fingerprint density at radius 3 is 1.90 bits per heavy atom. The number of amides is 1. The van der Waals surface area contributed by atoms with Crippen molar-refractivity contribution in [3.63, 3.8) is 0 Å². The number of fused-ring (bicyclic) bond motifs is 1. The second-order valence-corrected chi connectivity index (χ2v) is 9.53. The van der Waals surface area contributed by atoms with E-state index in [1.165, 1.54) is 14.1 Å². The van der Waals surface area contributed by atoms with E-state index >= 15 is 0 Å². The fourth-order valence-electron chi connectivity index (χ4n) is 4.37. The van der Waals surface area contributed by atoms with E-state index in [9.17, 15) is 35.9 Å². The molecule has 0 bridgehead atoms. The number of carbonyl (C=O) groups excluding carboxylic acids is 1. The molecule has 0 N–H and O–H groups in total. The molecule has 1 amide bonds. The largest absolute Gasteiger partial charge is 0.416 e. The molecule has 0 unspecified atom stereocenters. The number of alkyl halides is 6. The molecule has 0 saturated heterocycles. The summed E-state index contributed by atoms with van der Waals surface area (Å²) in [5.74, 6) is -0.121. The van der Waals surface area contributed by atoms with Crippen molar-refractivity contribution >= 4 is 16.9 Å². The van der Waals surface area contributed by atoms with Gasteiger partial charge in [-0.15, -0.1) is 0 Å². The Kier molecular flexibility index (Phi) is 7.44. The molecule has 0 aliphatic carbocycles. The van der Waals surface area contributed by atoms with Gasteiger partial charge in [0.15, 0.2) is 0 Å². The van der Waals surface area contributed by atoms with E-state index in [4.69, 9.17) is 4.74 Å². The summed E-state index contributed by atoms with van der Waals surface area (Å²) in [6.07, 6.45) is -11.1. The summed E-state index contributed by atoms with van der Waals surface area (Å²) in [6, 6.07) is 13.5. The van der Waals surface area contributed by atoms with Gasteiger partial charge in [0.1, 0.15) is 0 Å². The van der Waals surface area contributed by atoms with Gasteiger partial charge >= 0.3 is 18.4 Å². The molecule has 0 aliphatic heterocycles. The number of hydrogen-bond acceptors (Lipinski definition) is 3. The highest BCUT2D eigenvalue weighted by molar-refractivity contribution is 6.00. The van der Waals surface area contributed by atoms with Crippen molar-refractivity contribution in [1.82, 2.24) is 9.47 Å². The van der Waals surface area contributed by atoms with Crippen molar-refractivity contribution in [2.75, 3.05) is 7.05 Å². The lowest BCUT2D eigenvalue weighted by atomic mass is 9.96. The predicted octanol–water partition coefficient (Wildman–Crippen LogP) is 7.49. The van der Waals surface area contributed by atoms with Crippen molar-refractivity contribution in [2.24, 2.45) is 7.05 Å². The van der Waals surface area contributed by atoms with E-state index in [1.807, 2.05) is 13.8 Å². The predicted molar refractivity (Wildman–Crippen MR) is 138 cm³/mol. The standard InChI is InChI=1S/C29H24F6N2O3/c1-16-10-22-23(11-17(16)2)25(38)37(4)26(24(22)19-8-6-5-7-9-19)40-27(39)36(3)15-18-12-20(28(30,31)32)14-21(13-18)29(33,34)35/h5-14H,15H2,1-4H3. The maximum atomic E-state index is 13.3. The number of carbonyl (C=O) groups is 1. The van der Waals surface area contributed by atoms with Crippen LogP contribution in [0.1, 0.15) is 27.8 Å². The number of aromatic nitrogens is 1. The molecule has 0 saturated carbocycles. The van der Waals surface area contributed by atoms with Gasteiger partial charge in [-0.3, -0.25) is 9.36 Å². The zero-order valence-corrected chi connectivity index (χ0v) is 21.9. The van der Waals surface area contributed by atoms with Crippen molar-refractivity contribution in [1.29, 1.82) is 0 Å². The van der Waals surface area contributed by atoms with Crippen LogP contribution in [-0.4, -0.2) is 22.6 Å². The second kappa shape index (κ2) is 10.4. The van der Waals surface area contributed by atoms with Gasteiger partial charge in [0.2, 0.25) is 5.88 Å². The van der Waals surface area contributed by atoms with Gasteiger partial charge in [0, 0.05) is 31.4 Å². The Bertz CT molecular complexity index is 1630. The third kappa shape index (κ3) is 5.68. The van der Waals surface area contributed by atoms with E-state index < -0.39 is 47.2 Å². The Labute approximate surface area is 225 Å². The van der Waals surface area contributed by atoms with E-state index in [1.54, 1.807) is 42.5 Å². The molecule has 210 valence electrons. The molecule has 4 aromatic rings. The number of halogens is 6.